The van der Waals surface area contributed by atoms with Gasteiger partial charge in [-0.25, -0.2) is 0 Å². The number of nitrogens with zero attached hydrogens (tertiary/aromatic N) is 3. The normalized spacial score (nSPS) is 17.6. The van der Waals surface area contributed by atoms with Crippen molar-refractivity contribution in [3.8, 4) is 0 Å². The van der Waals surface area contributed by atoms with Crippen molar-refractivity contribution in [3.05, 3.63) is 65.0 Å². The molecule has 0 radical (unpaired) electrons. The highest BCUT2D eigenvalue weighted by Gasteiger charge is 2.32. The number of halogens is 4. The summed E-state index contributed by atoms with van der Waals surface area (Å²) in [5.74, 6) is 0.672. The summed E-state index contributed by atoms with van der Waals surface area (Å²) < 4.78 is 44.7. The van der Waals surface area contributed by atoms with Crippen LogP contribution in [0.4, 0.5) is 13.2 Å². The van der Waals surface area contributed by atoms with Crippen LogP contribution in [0, 0.1) is 6.92 Å². The first-order chi connectivity index (χ1) is 13.4. The van der Waals surface area contributed by atoms with E-state index in [0.29, 0.717) is 37.8 Å². The molecule has 158 valence electrons. The Balaban J connectivity index is 0.00000300. The van der Waals surface area contributed by atoms with Crippen molar-refractivity contribution >= 4 is 29.9 Å². The van der Waals surface area contributed by atoms with E-state index in [-0.39, 0.29) is 24.0 Å². The van der Waals surface area contributed by atoms with Crippen molar-refractivity contribution < 1.29 is 17.9 Å². The summed E-state index contributed by atoms with van der Waals surface area (Å²) >= 11 is 0. The minimum atomic E-state index is -4.37. The number of nitrogens with one attached hydrogen (secondary N) is 1. The largest absolute Gasteiger partial charge is 0.416 e. The highest BCUT2D eigenvalue weighted by Crippen LogP contribution is 2.32. The van der Waals surface area contributed by atoms with Crippen LogP contribution >= 0.6 is 24.0 Å². The van der Waals surface area contributed by atoms with Crippen LogP contribution in [0.2, 0.25) is 0 Å². The summed E-state index contributed by atoms with van der Waals surface area (Å²) in [4.78, 5) is 10.7. The molecular formula is C20H24F3IN4O. The third-order valence-corrected chi connectivity index (χ3v) is 4.70. The Morgan fingerprint density at radius 2 is 2.10 bits per heavy atom. The maximum absolute atomic E-state index is 13.0. The number of pyridine rings is 1. The molecule has 0 amide bonds. The molecule has 3 rings (SSSR count). The van der Waals surface area contributed by atoms with Crippen LogP contribution in [-0.4, -0.2) is 42.6 Å². The SMILES string of the molecule is CN=C(NCc1ncccc1C)N1CCOC(c2cccc(C(F)(F)F)c2)C1.I. The van der Waals surface area contributed by atoms with Gasteiger partial charge in [0, 0.05) is 19.8 Å². The van der Waals surface area contributed by atoms with Crippen molar-refractivity contribution in [2.24, 2.45) is 4.99 Å². The van der Waals surface area contributed by atoms with Gasteiger partial charge in [0.25, 0.3) is 0 Å². The number of alkyl halides is 3. The standard InChI is InChI=1S/C20H23F3N4O.HI/c1-14-5-4-8-25-17(14)12-26-19(24-2)27-9-10-28-18(13-27)15-6-3-7-16(11-15)20(21,22)23;/h3-8,11,18H,9-10,12-13H2,1-2H3,(H,24,26);1H. The van der Waals surface area contributed by atoms with Gasteiger partial charge >= 0.3 is 6.18 Å². The molecule has 29 heavy (non-hydrogen) atoms. The summed E-state index contributed by atoms with van der Waals surface area (Å²) in [6, 6.07) is 9.18. The molecule has 1 fully saturated rings. The second-order valence-electron chi connectivity index (χ2n) is 6.60. The van der Waals surface area contributed by atoms with Gasteiger partial charge in [0.15, 0.2) is 5.96 Å². The van der Waals surface area contributed by atoms with Crippen LogP contribution in [-0.2, 0) is 17.5 Å². The number of aliphatic imine (C=N–C) groups is 1. The van der Waals surface area contributed by atoms with Gasteiger partial charge in [-0.3, -0.25) is 9.98 Å². The summed E-state index contributed by atoms with van der Waals surface area (Å²) in [5, 5.41) is 3.28. The van der Waals surface area contributed by atoms with Crippen LogP contribution < -0.4 is 5.32 Å². The van der Waals surface area contributed by atoms with E-state index in [9.17, 15) is 13.2 Å². The summed E-state index contributed by atoms with van der Waals surface area (Å²) in [6.45, 7) is 3.94. The van der Waals surface area contributed by atoms with Gasteiger partial charge in [-0.1, -0.05) is 18.2 Å². The van der Waals surface area contributed by atoms with E-state index in [1.54, 1.807) is 19.3 Å². The Morgan fingerprint density at radius 3 is 2.79 bits per heavy atom. The third kappa shape index (κ3) is 6.05. The average Bonchev–Trinajstić information content (AvgIpc) is 2.69. The fraction of sp³-hybridized carbons (Fsp3) is 0.400. The summed E-state index contributed by atoms with van der Waals surface area (Å²) in [7, 11) is 1.68. The fourth-order valence-corrected chi connectivity index (χ4v) is 3.16. The van der Waals surface area contributed by atoms with Crippen LogP contribution in [0.15, 0.2) is 47.6 Å². The maximum Gasteiger partial charge on any atom is 0.416 e. The molecule has 0 aliphatic carbocycles. The predicted molar refractivity (Wildman–Crippen MR) is 116 cm³/mol. The van der Waals surface area contributed by atoms with Crippen molar-refractivity contribution in [3.63, 3.8) is 0 Å². The van der Waals surface area contributed by atoms with E-state index in [1.807, 2.05) is 24.0 Å². The van der Waals surface area contributed by atoms with Gasteiger partial charge in [-0.2, -0.15) is 13.2 Å². The quantitative estimate of drug-likeness (QED) is 0.375. The minimum Gasteiger partial charge on any atom is -0.370 e. The minimum absolute atomic E-state index is 0. The number of rotatable bonds is 3. The van der Waals surface area contributed by atoms with Crippen molar-refractivity contribution in [1.82, 2.24) is 15.2 Å². The molecule has 2 heterocycles. The molecule has 1 aromatic heterocycles. The van der Waals surface area contributed by atoms with Gasteiger partial charge < -0.3 is 15.0 Å². The molecule has 1 unspecified atom stereocenters. The lowest BCUT2D eigenvalue weighted by molar-refractivity contribution is -0.137. The summed E-state index contributed by atoms with van der Waals surface area (Å²) in [6.07, 6.45) is -3.08. The number of hydrogen-bond donors (Lipinski definition) is 1. The summed E-state index contributed by atoms with van der Waals surface area (Å²) in [5.41, 5.74) is 1.84. The molecule has 1 aliphatic rings. The predicted octanol–water partition coefficient (Wildman–Crippen LogP) is 4.18. The molecule has 1 saturated heterocycles. The second kappa shape index (κ2) is 10.2. The van der Waals surface area contributed by atoms with E-state index >= 15 is 0 Å². The molecule has 9 heteroatoms. The number of benzene rings is 1. The number of aryl methyl sites for hydroxylation is 1. The third-order valence-electron chi connectivity index (χ3n) is 4.70. The highest BCUT2D eigenvalue weighted by atomic mass is 127. The van der Waals surface area contributed by atoms with Crippen molar-refractivity contribution in [2.75, 3.05) is 26.7 Å². The Kier molecular flexibility index (Phi) is 8.26. The molecule has 0 saturated carbocycles. The Morgan fingerprint density at radius 1 is 1.31 bits per heavy atom. The zero-order chi connectivity index (χ0) is 20.1. The fourth-order valence-electron chi connectivity index (χ4n) is 3.16. The zero-order valence-electron chi connectivity index (χ0n) is 16.2. The van der Waals surface area contributed by atoms with Gasteiger partial charge in [0.05, 0.1) is 31.0 Å². The van der Waals surface area contributed by atoms with E-state index < -0.39 is 17.8 Å². The zero-order valence-corrected chi connectivity index (χ0v) is 18.6. The van der Waals surface area contributed by atoms with Crippen LogP contribution in [0.25, 0.3) is 0 Å². The van der Waals surface area contributed by atoms with Crippen LogP contribution in [0.1, 0.15) is 28.5 Å². The Hall–Kier alpha value is -1.88. The van der Waals surface area contributed by atoms with Gasteiger partial charge in [0.2, 0.25) is 0 Å². The lowest BCUT2D eigenvalue weighted by Crippen LogP contribution is -2.48. The number of hydrogen-bond acceptors (Lipinski definition) is 3. The molecule has 0 spiro atoms. The first kappa shape index (κ1) is 23.4. The van der Waals surface area contributed by atoms with Crippen LogP contribution in [0.5, 0.6) is 0 Å². The number of aromatic nitrogens is 1. The molecular weight excluding hydrogens is 496 g/mol. The van der Waals surface area contributed by atoms with Gasteiger partial charge in [-0.05, 0) is 36.2 Å². The highest BCUT2D eigenvalue weighted by molar-refractivity contribution is 14.0. The van der Waals surface area contributed by atoms with Crippen LogP contribution in [0.3, 0.4) is 0 Å². The molecule has 5 nitrogen and oxygen atoms in total. The molecule has 1 atom stereocenters. The molecule has 1 aromatic carbocycles. The molecule has 0 bridgehead atoms. The number of morpholine rings is 1. The Bertz CT molecular complexity index is 844. The Labute approximate surface area is 185 Å². The first-order valence-electron chi connectivity index (χ1n) is 9.03. The lowest BCUT2D eigenvalue weighted by atomic mass is 10.0. The van der Waals surface area contributed by atoms with E-state index in [1.165, 1.54) is 6.07 Å². The molecule has 2 aromatic rings. The maximum atomic E-state index is 13.0. The van der Waals surface area contributed by atoms with E-state index in [4.69, 9.17) is 4.74 Å². The van der Waals surface area contributed by atoms with E-state index in [0.717, 1.165) is 23.4 Å². The second-order valence-corrected chi connectivity index (χ2v) is 6.60. The number of guanidine groups is 1. The number of ether oxygens (including phenoxy) is 1. The van der Waals surface area contributed by atoms with Gasteiger partial charge in [0.1, 0.15) is 6.10 Å². The topological polar surface area (TPSA) is 49.8 Å². The smallest absolute Gasteiger partial charge is 0.370 e. The van der Waals surface area contributed by atoms with Gasteiger partial charge in [-0.15, -0.1) is 24.0 Å². The molecule has 1 aliphatic heterocycles. The van der Waals surface area contributed by atoms with Crippen molar-refractivity contribution in [2.45, 2.75) is 25.7 Å². The van der Waals surface area contributed by atoms with E-state index in [2.05, 4.69) is 15.3 Å². The monoisotopic (exact) mass is 520 g/mol. The van der Waals surface area contributed by atoms with Crippen molar-refractivity contribution in [1.29, 1.82) is 0 Å². The molecule has 1 N–H and O–H groups in total. The lowest BCUT2D eigenvalue weighted by Gasteiger charge is -2.35. The average molecular weight is 520 g/mol. The first-order valence-corrected chi connectivity index (χ1v) is 9.03.